The minimum Gasteiger partial charge on any atom is -0.480 e. The van der Waals surface area contributed by atoms with E-state index in [1.54, 1.807) is 13.8 Å². The number of rotatable bonds is 26. The summed E-state index contributed by atoms with van der Waals surface area (Å²) in [5.74, 6) is -7.77. The second-order valence-electron chi connectivity index (χ2n) is 14.9. The fraction of sp³-hybridized carbons (Fsp3) is 0.714. The summed E-state index contributed by atoms with van der Waals surface area (Å²) in [5, 5.41) is 43.7. The standard InChI is InChI=1S/C35H62N12O11/c1-18(2)13-20(36)29(52)43-21(7-5-11-40-35(38)39)31(54)45-23(14-19(3)4)32(55)46-24(17-48)30(53)42-15-27(50)41-16-28(51)47-12-6-8-25(47)33(56)44-22(34(57)58)9-10-26(37)49/h18-25,48H,5-17,36H2,1-4H3,(H2,37,49)(H,41,50)(H,42,53)(H,43,52)(H,44,56)(H,45,54)(H,46,55)(H,57,58)(H4,38,39,40)/t20-,21+,22+,23-,24+,25+/m1/s1. The van der Waals surface area contributed by atoms with Gasteiger partial charge in [-0.1, -0.05) is 27.7 Å². The summed E-state index contributed by atoms with van der Waals surface area (Å²) in [6, 6.07) is -7.23. The van der Waals surface area contributed by atoms with Crippen molar-refractivity contribution in [2.24, 2.45) is 29.0 Å². The number of aliphatic carboxylic acids is 1. The largest absolute Gasteiger partial charge is 0.480 e. The first-order valence-electron chi connectivity index (χ1n) is 19.2. The molecule has 0 aromatic heterocycles. The van der Waals surface area contributed by atoms with Gasteiger partial charge < -0.3 is 69.5 Å². The number of aliphatic hydroxyl groups is 1. The van der Waals surface area contributed by atoms with Gasteiger partial charge in [-0.15, -0.1) is 0 Å². The molecule has 16 N–H and O–H groups in total. The van der Waals surface area contributed by atoms with E-state index in [0.29, 0.717) is 19.3 Å². The van der Waals surface area contributed by atoms with Crippen molar-refractivity contribution in [1.29, 1.82) is 5.41 Å². The average Bonchev–Trinajstić information content (AvgIpc) is 3.64. The van der Waals surface area contributed by atoms with Crippen LogP contribution in [0.5, 0.6) is 0 Å². The molecule has 0 radical (unpaired) electrons. The Morgan fingerprint density at radius 2 is 1.34 bits per heavy atom. The first-order chi connectivity index (χ1) is 27.2. The lowest BCUT2D eigenvalue weighted by Crippen LogP contribution is -2.59. The molecule has 1 aliphatic heterocycles. The Hall–Kier alpha value is -5.58. The molecule has 1 aliphatic rings. The molecule has 1 rings (SSSR count). The highest BCUT2D eigenvalue weighted by Crippen LogP contribution is 2.18. The van der Waals surface area contributed by atoms with Crippen LogP contribution >= 0.6 is 0 Å². The van der Waals surface area contributed by atoms with Gasteiger partial charge in [0.05, 0.1) is 25.7 Å². The van der Waals surface area contributed by atoms with Gasteiger partial charge in [0.2, 0.25) is 47.3 Å². The lowest BCUT2D eigenvalue weighted by atomic mass is 10.0. The van der Waals surface area contributed by atoms with E-state index in [1.165, 1.54) is 4.90 Å². The number of carbonyl (C=O) groups is 9. The Morgan fingerprint density at radius 1 is 0.741 bits per heavy atom. The number of nitrogens with one attached hydrogen (secondary N) is 8. The maximum Gasteiger partial charge on any atom is 0.326 e. The number of guanidine groups is 1. The summed E-state index contributed by atoms with van der Waals surface area (Å²) in [7, 11) is 0. The fourth-order valence-corrected chi connectivity index (χ4v) is 5.91. The van der Waals surface area contributed by atoms with Gasteiger partial charge in [-0.05, 0) is 56.8 Å². The van der Waals surface area contributed by atoms with E-state index in [2.05, 4.69) is 37.2 Å². The summed E-state index contributed by atoms with van der Waals surface area (Å²) in [5.41, 5.74) is 16.4. The van der Waals surface area contributed by atoms with Gasteiger partial charge in [-0.25, -0.2) is 4.79 Å². The number of hydrogen-bond acceptors (Lipinski definition) is 12. The minimum absolute atomic E-state index is 0.0957. The number of likely N-dealkylation sites (tertiary alicyclic amines) is 1. The van der Waals surface area contributed by atoms with Crippen LogP contribution in [0.2, 0.25) is 0 Å². The van der Waals surface area contributed by atoms with Crippen molar-refractivity contribution in [3.05, 3.63) is 0 Å². The zero-order valence-corrected chi connectivity index (χ0v) is 33.6. The predicted octanol–water partition coefficient (Wildman–Crippen LogP) is -4.83. The molecule has 1 saturated heterocycles. The zero-order chi connectivity index (χ0) is 44.1. The average molecular weight is 827 g/mol. The number of aliphatic hydroxyl groups excluding tert-OH is 1. The molecule has 0 aromatic carbocycles. The number of carboxylic acid groups (broad SMARTS) is 1. The van der Waals surface area contributed by atoms with E-state index < -0.39 is 109 Å². The Bertz CT molecular complexity index is 1480. The van der Waals surface area contributed by atoms with Gasteiger partial charge in [0.15, 0.2) is 5.96 Å². The maximum atomic E-state index is 13.5. The lowest BCUT2D eigenvalue weighted by molar-refractivity contribution is -0.144. The molecule has 23 heteroatoms. The van der Waals surface area contributed by atoms with E-state index in [9.17, 15) is 53.4 Å². The van der Waals surface area contributed by atoms with Crippen molar-refractivity contribution in [3.63, 3.8) is 0 Å². The Labute approximate surface area is 336 Å². The summed E-state index contributed by atoms with van der Waals surface area (Å²) in [6.45, 7) is 5.58. The van der Waals surface area contributed by atoms with Crippen molar-refractivity contribution >= 4 is 59.2 Å². The molecule has 8 amide bonds. The number of carboxylic acids is 1. The summed E-state index contributed by atoms with van der Waals surface area (Å²) >= 11 is 0. The predicted molar refractivity (Wildman–Crippen MR) is 208 cm³/mol. The number of nitrogens with two attached hydrogens (primary N) is 3. The van der Waals surface area contributed by atoms with E-state index in [1.807, 2.05) is 13.8 Å². The molecule has 58 heavy (non-hydrogen) atoms. The topological polar surface area (TPSA) is 383 Å². The van der Waals surface area contributed by atoms with Gasteiger partial charge in [-0.2, -0.15) is 0 Å². The van der Waals surface area contributed by atoms with Crippen LogP contribution in [0.3, 0.4) is 0 Å². The highest BCUT2D eigenvalue weighted by Gasteiger charge is 2.36. The van der Waals surface area contributed by atoms with Crippen LogP contribution in [-0.4, -0.2) is 143 Å². The third-order valence-electron chi connectivity index (χ3n) is 8.87. The second-order valence-corrected chi connectivity index (χ2v) is 14.9. The molecule has 0 aromatic rings. The first kappa shape index (κ1) is 50.4. The lowest BCUT2D eigenvalue weighted by Gasteiger charge is -2.26. The summed E-state index contributed by atoms with van der Waals surface area (Å²) < 4.78 is 0. The van der Waals surface area contributed by atoms with Gasteiger partial charge in [0, 0.05) is 19.5 Å². The third kappa shape index (κ3) is 19.0. The van der Waals surface area contributed by atoms with Crippen LogP contribution in [0.25, 0.3) is 0 Å². The quantitative estimate of drug-likeness (QED) is 0.0221. The third-order valence-corrected chi connectivity index (χ3v) is 8.87. The maximum absolute atomic E-state index is 13.5. The van der Waals surface area contributed by atoms with Crippen molar-refractivity contribution in [1.82, 2.24) is 42.1 Å². The SMILES string of the molecule is CC(C)C[C@@H](N)C(=O)N[C@@H](CCCNC(=N)N)C(=O)N[C@H](CC(C)C)C(=O)N[C@@H](CO)C(=O)NCC(=O)NCC(=O)N1CCC[C@H]1C(=O)N[C@@H](CCC(N)=O)C(=O)O. The van der Waals surface area contributed by atoms with Crippen LogP contribution in [-0.2, 0) is 43.2 Å². The number of amides is 8. The van der Waals surface area contributed by atoms with Crippen LogP contribution in [0.15, 0.2) is 0 Å². The van der Waals surface area contributed by atoms with Gasteiger partial charge in [-0.3, -0.25) is 43.8 Å². The minimum atomic E-state index is -1.56. The van der Waals surface area contributed by atoms with Crippen molar-refractivity contribution in [2.45, 2.75) is 115 Å². The Morgan fingerprint density at radius 3 is 1.91 bits per heavy atom. The first-order valence-corrected chi connectivity index (χ1v) is 19.2. The van der Waals surface area contributed by atoms with Gasteiger partial charge in [0.25, 0.3) is 0 Å². The van der Waals surface area contributed by atoms with E-state index >= 15 is 0 Å². The summed E-state index contributed by atoms with van der Waals surface area (Å²) in [4.78, 5) is 115. The zero-order valence-electron chi connectivity index (χ0n) is 33.6. The molecule has 0 saturated carbocycles. The molecule has 0 unspecified atom stereocenters. The monoisotopic (exact) mass is 826 g/mol. The van der Waals surface area contributed by atoms with Crippen molar-refractivity contribution in [3.8, 4) is 0 Å². The molecule has 328 valence electrons. The second kappa shape index (κ2) is 25.6. The molecule has 0 bridgehead atoms. The molecule has 1 heterocycles. The smallest absolute Gasteiger partial charge is 0.326 e. The number of primary amides is 1. The fourth-order valence-electron chi connectivity index (χ4n) is 5.91. The molecule has 23 nitrogen and oxygen atoms in total. The molecular formula is C35H62N12O11. The van der Waals surface area contributed by atoms with Crippen LogP contribution < -0.4 is 54.4 Å². The highest BCUT2D eigenvalue weighted by molar-refractivity contribution is 5.96. The molecular weight excluding hydrogens is 764 g/mol. The van der Waals surface area contributed by atoms with Crippen molar-refractivity contribution in [2.75, 3.05) is 32.8 Å². The molecule has 0 aliphatic carbocycles. The molecule has 6 atom stereocenters. The van der Waals surface area contributed by atoms with E-state index in [4.69, 9.17) is 22.6 Å². The van der Waals surface area contributed by atoms with Crippen molar-refractivity contribution < 1.29 is 53.4 Å². The normalized spacial score (nSPS) is 16.2. The molecule has 1 fully saturated rings. The van der Waals surface area contributed by atoms with Crippen LogP contribution in [0.4, 0.5) is 0 Å². The van der Waals surface area contributed by atoms with E-state index in [-0.39, 0.29) is 63.0 Å². The van der Waals surface area contributed by atoms with Crippen LogP contribution in [0.1, 0.15) is 79.1 Å². The Balaban J connectivity index is 2.85. The summed E-state index contributed by atoms with van der Waals surface area (Å²) in [6.07, 6.45) is 0.981. The number of carbonyl (C=O) groups excluding carboxylic acids is 8. The van der Waals surface area contributed by atoms with E-state index in [0.717, 1.165) is 0 Å². The number of nitrogens with zero attached hydrogens (tertiary/aromatic N) is 1. The Kier molecular flexibility index (Phi) is 22.3. The van der Waals surface area contributed by atoms with Gasteiger partial charge in [0.1, 0.15) is 30.2 Å². The molecule has 0 spiro atoms. The van der Waals surface area contributed by atoms with Crippen LogP contribution in [0, 0.1) is 17.2 Å². The van der Waals surface area contributed by atoms with Gasteiger partial charge >= 0.3 is 5.97 Å². The number of hydrogen-bond donors (Lipinski definition) is 13. The highest BCUT2D eigenvalue weighted by atomic mass is 16.4.